The number of rotatable bonds is 13. The van der Waals surface area contributed by atoms with E-state index in [-0.39, 0.29) is 19.2 Å². The fourth-order valence-electron chi connectivity index (χ4n) is 5.31. The number of fused-ring (bicyclic) bond motifs is 3. The van der Waals surface area contributed by atoms with Crippen molar-refractivity contribution in [2.24, 2.45) is 0 Å². The van der Waals surface area contributed by atoms with Crippen LogP contribution in [0.2, 0.25) is 5.02 Å². The zero-order valence-electron chi connectivity index (χ0n) is 24.6. The van der Waals surface area contributed by atoms with Crippen LogP contribution < -0.4 is 20.1 Å². The maximum Gasteiger partial charge on any atom is 0.259 e. The number of hydrogen-bond acceptors (Lipinski definition) is 11. The van der Waals surface area contributed by atoms with E-state index in [4.69, 9.17) is 31.5 Å². The van der Waals surface area contributed by atoms with E-state index in [9.17, 15) is 13.2 Å². The van der Waals surface area contributed by atoms with Crippen LogP contribution in [-0.2, 0) is 43.7 Å². The van der Waals surface area contributed by atoms with Crippen LogP contribution in [-0.4, -0.2) is 94.6 Å². The monoisotopic (exact) mass is 644 g/mol. The molecule has 1 aromatic heterocycles. The van der Waals surface area contributed by atoms with Gasteiger partial charge in [-0.2, -0.15) is 4.98 Å². The minimum atomic E-state index is -3.58. The molecule has 0 unspecified atom stereocenters. The molecule has 1 saturated heterocycles. The van der Waals surface area contributed by atoms with E-state index in [0.717, 1.165) is 85.8 Å². The number of nitrogens with zero attached hydrogens (tertiary/aromatic N) is 4. The molecule has 236 valence electrons. The highest BCUT2D eigenvalue weighted by atomic mass is 35.5. The molecular weight excluding hydrogens is 608 g/mol. The number of anilines is 2. The van der Waals surface area contributed by atoms with Crippen LogP contribution in [0.25, 0.3) is 11.3 Å². The molecule has 1 fully saturated rings. The van der Waals surface area contributed by atoms with Gasteiger partial charge < -0.3 is 24.8 Å². The summed E-state index contributed by atoms with van der Waals surface area (Å²) in [6, 6.07) is 13.8. The van der Waals surface area contributed by atoms with Crippen LogP contribution >= 0.6 is 11.6 Å². The average molecular weight is 645 g/mol. The number of aryl methyl sites for hydroxylation is 1. The highest BCUT2D eigenvalue weighted by molar-refractivity contribution is 7.89. The van der Waals surface area contributed by atoms with Gasteiger partial charge in [-0.05, 0) is 54.3 Å². The van der Waals surface area contributed by atoms with Crippen molar-refractivity contribution in [2.45, 2.75) is 19.4 Å². The second-order valence-electron chi connectivity index (χ2n) is 10.8. The minimum absolute atomic E-state index is 0.200. The summed E-state index contributed by atoms with van der Waals surface area (Å²) in [6.07, 6.45) is 2.61. The summed E-state index contributed by atoms with van der Waals surface area (Å²) in [5, 5.41) is 0.703. The summed E-state index contributed by atoms with van der Waals surface area (Å²) < 4.78 is 40.7. The van der Waals surface area contributed by atoms with Gasteiger partial charge >= 0.3 is 0 Å². The van der Waals surface area contributed by atoms with Gasteiger partial charge in [0, 0.05) is 48.9 Å². The second kappa shape index (κ2) is 14.5. The topological polar surface area (TPSA) is 149 Å². The molecule has 1 aliphatic carbocycles. The lowest BCUT2D eigenvalue weighted by molar-refractivity contribution is -0.124. The third-order valence-electron chi connectivity index (χ3n) is 7.43. The second-order valence-corrected chi connectivity index (χ2v) is 12.9. The first-order valence-corrected chi connectivity index (χ1v) is 16.7. The van der Waals surface area contributed by atoms with E-state index < -0.39 is 15.9 Å². The number of nitrogens with one attached hydrogen (secondary N) is 1. The maximum absolute atomic E-state index is 11.4. The Morgan fingerprint density at radius 2 is 1.75 bits per heavy atom. The van der Waals surface area contributed by atoms with Crippen LogP contribution in [0.3, 0.4) is 0 Å². The lowest BCUT2D eigenvalue weighted by Gasteiger charge is -2.37. The number of halogens is 1. The van der Waals surface area contributed by atoms with Crippen molar-refractivity contribution in [2.75, 3.05) is 76.0 Å². The zero-order valence-corrected chi connectivity index (χ0v) is 26.2. The molecule has 12 nitrogen and oxygen atoms in total. The van der Waals surface area contributed by atoms with E-state index in [1.54, 1.807) is 0 Å². The molecule has 1 aliphatic heterocycles. The van der Waals surface area contributed by atoms with Crippen LogP contribution in [0.15, 0.2) is 42.5 Å². The Kier molecular flexibility index (Phi) is 10.5. The normalized spacial score (nSPS) is 15.0. The first kappa shape index (κ1) is 31.9. The van der Waals surface area contributed by atoms with Gasteiger partial charge in [0.15, 0.2) is 0 Å². The van der Waals surface area contributed by atoms with Crippen LogP contribution in [0, 0.1) is 0 Å². The van der Waals surface area contributed by atoms with E-state index >= 15 is 0 Å². The zero-order chi connectivity index (χ0) is 31.1. The summed E-state index contributed by atoms with van der Waals surface area (Å²) in [7, 11) is -3.58. The number of nitrogens with two attached hydrogens (primary N) is 1. The van der Waals surface area contributed by atoms with E-state index in [0.29, 0.717) is 24.8 Å². The fraction of sp³-hybridized carbons (Fsp3) is 0.433. The Morgan fingerprint density at radius 3 is 2.50 bits per heavy atom. The molecule has 0 radical (unpaired) electrons. The molecule has 2 heterocycles. The number of carbonyl (C=O) groups is 1. The fourth-order valence-corrected chi connectivity index (χ4v) is 5.90. The number of piperazine rings is 1. The van der Waals surface area contributed by atoms with E-state index in [1.165, 1.54) is 5.56 Å². The molecule has 14 heteroatoms. The molecule has 3 aromatic rings. The van der Waals surface area contributed by atoms with Crippen molar-refractivity contribution in [3.8, 4) is 17.0 Å². The molecule has 0 bridgehead atoms. The smallest absolute Gasteiger partial charge is 0.259 e. The van der Waals surface area contributed by atoms with Gasteiger partial charge in [-0.25, -0.2) is 13.4 Å². The predicted molar refractivity (Wildman–Crippen MR) is 168 cm³/mol. The molecule has 44 heavy (non-hydrogen) atoms. The number of amides is 1. The molecular formula is C30H37ClN6O6S. The van der Waals surface area contributed by atoms with Crippen molar-refractivity contribution in [1.82, 2.24) is 19.6 Å². The Balaban J connectivity index is 1.10. The van der Waals surface area contributed by atoms with Crippen molar-refractivity contribution in [1.29, 1.82) is 0 Å². The standard InChI is InChI=1S/C30H37ClN6O6S/c1-44(39,40)35-27(38)20-42-17-16-41-15-14-36-10-12-37(13-11-36)29-26-8-4-22-18-24(43-19-21-2-5-23(31)6-3-21)7-9-25(22)28(26)33-30(32)34-29/h2-3,5-7,9,18H,4,8,10-17,19-20H2,1H3,(H,35,38)(H2,32,33,34). The Hall–Kier alpha value is -3.49. The number of hydrogen-bond donors (Lipinski definition) is 2. The third-order valence-corrected chi connectivity index (χ3v) is 8.28. The molecule has 0 atom stereocenters. The van der Waals surface area contributed by atoms with Crippen molar-refractivity contribution < 1.29 is 27.4 Å². The number of benzene rings is 2. The number of aromatic nitrogens is 2. The van der Waals surface area contributed by atoms with Crippen LogP contribution in [0.1, 0.15) is 16.7 Å². The molecule has 5 rings (SSSR count). The maximum atomic E-state index is 11.4. The Morgan fingerprint density at radius 1 is 1.00 bits per heavy atom. The highest BCUT2D eigenvalue weighted by Crippen LogP contribution is 2.38. The summed E-state index contributed by atoms with van der Waals surface area (Å²) >= 11 is 5.99. The molecule has 2 aromatic carbocycles. The lowest BCUT2D eigenvalue weighted by atomic mass is 9.88. The molecule has 3 N–H and O–H groups in total. The van der Waals surface area contributed by atoms with Crippen LogP contribution in [0.4, 0.5) is 11.8 Å². The minimum Gasteiger partial charge on any atom is -0.489 e. The summed E-state index contributed by atoms with van der Waals surface area (Å²) in [5.74, 6) is 1.29. The number of carbonyl (C=O) groups excluding carboxylic acids is 1. The largest absolute Gasteiger partial charge is 0.489 e. The highest BCUT2D eigenvalue weighted by Gasteiger charge is 2.27. The number of nitrogen functional groups attached to an aromatic ring is 1. The molecule has 0 saturated carbocycles. The molecule has 1 amide bonds. The molecule has 0 spiro atoms. The predicted octanol–water partition coefficient (Wildman–Crippen LogP) is 2.29. The summed E-state index contributed by atoms with van der Waals surface area (Å²) in [5.41, 5.74) is 11.5. The van der Waals surface area contributed by atoms with Gasteiger partial charge in [-0.3, -0.25) is 14.4 Å². The van der Waals surface area contributed by atoms with Gasteiger partial charge in [0.05, 0.1) is 31.8 Å². The first-order valence-electron chi connectivity index (χ1n) is 14.4. The summed E-state index contributed by atoms with van der Waals surface area (Å²) in [6.45, 7) is 5.28. The Bertz CT molecular complexity index is 1560. The molecule has 2 aliphatic rings. The van der Waals surface area contributed by atoms with Crippen LogP contribution in [0.5, 0.6) is 5.75 Å². The van der Waals surface area contributed by atoms with Crippen molar-refractivity contribution in [3.05, 3.63) is 64.2 Å². The lowest BCUT2D eigenvalue weighted by Crippen LogP contribution is -2.48. The van der Waals surface area contributed by atoms with Gasteiger partial charge in [-0.15, -0.1) is 0 Å². The van der Waals surface area contributed by atoms with E-state index in [1.807, 2.05) is 35.1 Å². The van der Waals surface area contributed by atoms with E-state index in [2.05, 4.69) is 31.9 Å². The van der Waals surface area contributed by atoms with Crippen molar-refractivity contribution >= 4 is 39.3 Å². The third kappa shape index (κ3) is 8.79. The average Bonchev–Trinajstić information content (AvgIpc) is 2.99. The first-order chi connectivity index (χ1) is 21.1. The Labute approximate surface area is 262 Å². The van der Waals surface area contributed by atoms with Gasteiger partial charge in [-0.1, -0.05) is 23.7 Å². The van der Waals surface area contributed by atoms with Gasteiger partial charge in [0.1, 0.15) is 24.8 Å². The number of ether oxygens (including phenoxy) is 3. The quantitative estimate of drug-likeness (QED) is 0.264. The van der Waals surface area contributed by atoms with Crippen molar-refractivity contribution in [3.63, 3.8) is 0 Å². The van der Waals surface area contributed by atoms with Gasteiger partial charge in [0.25, 0.3) is 5.91 Å². The SMILES string of the molecule is CS(=O)(=O)NC(=O)COCCOCCN1CCN(c2nc(N)nc3c2CCc2cc(OCc4ccc(Cl)cc4)ccc2-3)CC1. The summed E-state index contributed by atoms with van der Waals surface area (Å²) in [4.78, 5) is 25.4. The van der Waals surface area contributed by atoms with Gasteiger partial charge in [0.2, 0.25) is 16.0 Å². The number of sulfonamides is 1.